The molecule has 5 nitrogen and oxygen atoms in total. The fraction of sp³-hybridized carbons (Fsp3) is 0.500. The topological polar surface area (TPSA) is 89.3 Å². The Morgan fingerprint density at radius 1 is 1.38 bits per heavy atom. The van der Waals surface area contributed by atoms with Gasteiger partial charge in [0.05, 0.1) is 4.90 Å². The minimum atomic E-state index is -3.89. The third-order valence-electron chi connectivity index (χ3n) is 3.82. The molecule has 0 unspecified atom stereocenters. The van der Waals surface area contributed by atoms with Crippen LogP contribution < -0.4 is 10.5 Å². The monoisotopic (exact) mass is 374 g/mol. The maximum absolute atomic E-state index is 12.4. The Morgan fingerprint density at radius 3 is 2.43 bits per heavy atom. The van der Waals surface area contributed by atoms with Crippen molar-refractivity contribution < 1.29 is 13.2 Å². The molecule has 1 amide bonds. The van der Waals surface area contributed by atoms with Crippen LogP contribution in [-0.4, -0.2) is 19.9 Å². The highest BCUT2D eigenvalue weighted by Gasteiger charge is 2.39. The predicted molar refractivity (Wildman–Crippen MR) is 84.5 cm³/mol. The van der Waals surface area contributed by atoms with Crippen molar-refractivity contribution in [3.8, 4) is 0 Å². The number of hydrogen-bond acceptors (Lipinski definition) is 3. The molecule has 0 atom stereocenters. The predicted octanol–water partition coefficient (Wildman–Crippen LogP) is 2.32. The van der Waals surface area contributed by atoms with Crippen molar-refractivity contribution >= 4 is 31.9 Å². The molecule has 0 aliphatic heterocycles. The lowest BCUT2D eigenvalue weighted by atomic mass is 9.98. The number of sulfonamides is 1. The van der Waals surface area contributed by atoms with E-state index in [0.29, 0.717) is 21.5 Å². The Kier molecular flexibility index (Phi) is 4.21. The summed E-state index contributed by atoms with van der Waals surface area (Å²) < 4.78 is 23.6. The average Bonchev–Trinajstić information content (AvgIpc) is 3.14. The van der Waals surface area contributed by atoms with Crippen molar-refractivity contribution in [3.05, 3.63) is 27.7 Å². The lowest BCUT2D eigenvalue weighted by molar-refractivity contribution is 0.0903. The van der Waals surface area contributed by atoms with Gasteiger partial charge in [-0.3, -0.25) is 4.79 Å². The lowest BCUT2D eigenvalue weighted by Gasteiger charge is -2.26. The first-order valence-corrected chi connectivity index (χ1v) is 9.02. The van der Waals surface area contributed by atoms with E-state index >= 15 is 0 Å². The van der Waals surface area contributed by atoms with Crippen molar-refractivity contribution in [1.29, 1.82) is 0 Å². The van der Waals surface area contributed by atoms with E-state index in [-0.39, 0.29) is 16.3 Å². The third-order valence-corrected chi connectivity index (χ3v) is 6.07. The molecule has 116 valence electrons. The summed E-state index contributed by atoms with van der Waals surface area (Å²) in [6.07, 6.45) is 2.21. The largest absolute Gasteiger partial charge is 0.347 e. The van der Waals surface area contributed by atoms with Gasteiger partial charge in [0, 0.05) is 15.6 Å². The fourth-order valence-electron chi connectivity index (χ4n) is 2.35. The fourth-order valence-corrected chi connectivity index (χ4v) is 3.95. The van der Waals surface area contributed by atoms with Crippen LogP contribution in [0.25, 0.3) is 0 Å². The molecule has 1 aliphatic rings. The first kappa shape index (κ1) is 16.5. The SMILES string of the molecule is Cc1cc(C(=O)NC(C)(C)C2CC2)cc(S(N)(=O)=O)c1Br. The standard InChI is InChI=1S/C14H19BrN2O3S/c1-8-6-9(7-11(12(8)15)21(16,19)20)13(18)17-14(2,3)10-4-5-10/h6-7,10H,4-5H2,1-3H3,(H,17,18)(H2,16,19,20). The van der Waals surface area contributed by atoms with E-state index in [1.807, 2.05) is 13.8 Å². The number of nitrogens with one attached hydrogen (secondary N) is 1. The molecular formula is C14H19BrN2O3S. The molecule has 0 heterocycles. The van der Waals surface area contributed by atoms with E-state index < -0.39 is 10.0 Å². The van der Waals surface area contributed by atoms with Crippen molar-refractivity contribution in [2.24, 2.45) is 11.1 Å². The minimum absolute atomic E-state index is 0.0723. The van der Waals surface area contributed by atoms with Crippen molar-refractivity contribution in [2.75, 3.05) is 0 Å². The Bertz CT molecular complexity index is 694. The second kappa shape index (κ2) is 5.37. The maximum atomic E-state index is 12.4. The molecule has 2 rings (SSSR count). The molecule has 1 saturated carbocycles. The zero-order valence-corrected chi connectivity index (χ0v) is 14.6. The van der Waals surface area contributed by atoms with Gasteiger partial charge in [-0.2, -0.15) is 0 Å². The zero-order chi connectivity index (χ0) is 16.0. The van der Waals surface area contributed by atoms with Gasteiger partial charge in [-0.05, 0) is 73.2 Å². The number of aryl methyl sites for hydroxylation is 1. The number of halogens is 1. The molecular weight excluding hydrogens is 356 g/mol. The van der Waals surface area contributed by atoms with Gasteiger partial charge in [-0.25, -0.2) is 13.6 Å². The van der Waals surface area contributed by atoms with E-state index in [2.05, 4.69) is 21.2 Å². The van der Waals surface area contributed by atoms with Gasteiger partial charge in [-0.1, -0.05) is 0 Å². The summed E-state index contributed by atoms with van der Waals surface area (Å²) in [5, 5.41) is 8.16. The lowest BCUT2D eigenvalue weighted by Crippen LogP contribution is -2.45. The summed E-state index contributed by atoms with van der Waals surface area (Å²) in [6.45, 7) is 5.69. The van der Waals surface area contributed by atoms with E-state index in [1.54, 1.807) is 13.0 Å². The molecule has 7 heteroatoms. The van der Waals surface area contributed by atoms with Crippen LogP contribution in [0.3, 0.4) is 0 Å². The second-order valence-corrected chi connectivity index (χ2v) is 8.42. The normalized spacial score (nSPS) is 15.9. The van der Waals surface area contributed by atoms with Crippen LogP contribution in [0.5, 0.6) is 0 Å². The number of primary sulfonamides is 1. The van der Waals surface area contributed by atoms with Crippen LogP contribution in [0.15, 0.2) is 21.5 Å². The van der Waals surface area contributed by atoms with Gasteiger partial charge in [-0.15, -0.1) is 0 Å². The highest BCUT2D eigenvalue weighted by atomic mass is 79.9. The van der Waals surface area contributed by atoms with Crippen LogP contribution in [0.4, 0.5) is 0 Å². The number of hydrogen-bond donors (Lipinski definition) is 2. The minimum Gasteiger partial charge on any atom is -0.347 e. The highest BCUT2D eigenvalue weighted by molar-refractivity contribution is 9.10. The molecule has 1 fully saturated rings. The first-order chi connectivity index (χ1) is 9.52. The van der Waals surface area contributed by atoms with E-state index in [4.69, 9.17) is 5.14 Å². The van der Waals surface area contributed by atoms with E-state index in [9.17, 15) is 13.2 Å². The van der Waals surface area contributed by atoms with Gasteiger partial charge in [0.15, 0.2) is 0 Å². The van der Waals surface area contributed by atoms with Crippen LogP contribution >= 0.6 is 15.9 Å². The van der Waals surface area contributed by atoms with Gasteiger partial charge < -0.3 is 5.32 Å². The second-order valence-electron chi connectivity index (χ2n) is 6.10. The molecule has 1 aromatic carbocycles. The van der Waals surface area contributed by atoms with Gasteiger partial charge in [0.2, 0.25) is 10.0 Å². The van der Waals surface area contributed by atoms with Crippen LogP contribution in [0, 0.1) is 12.8 Å². The molecule has 3 N–H and O–H groups in total. The number of carbonyl (C=O) groups is 1. The Hall–Kier alpha value is -0.920. The molecule has 0 spiro atoms. The quantitative estimate of drug-likeness (QED) is 0.847. The van der Waals surface area contributed by atoms with Gasteiger partial charge >= 0.3 is 0 Å². The van der Waals surface area contributed by atoms with Gasteiger partial charge in [0.1, 0.15) is 0 Å². The molecule has 0 radical (unpaired) electrons. The summed E-state index contributed by atoms with van der Waals surface area (Å²) in [5.41, 5.74) is 0.657. The summed E-state index contributed by atoms with van der Waals surface area (Å²) >= 11 is 3.20. The Morgan fingerprint density at radius 2 is 1.95 bits per heavy atom. The number of benzene rings is 1. The summed E-state index contributed by atoms with van der Waals surface area (Å²) in [5.74, 6) is 0.197. The molecule has 0 bridgehead atoms. The molecule has 0 aromatic heterocycles. The summed E-state index contributed by atoms with van der Waals surface area (Å²) in [4.78, 5) is 12.3. The van der Waals surface area contributed by atoms with Crippen molar-refractivity contribution in [2.45, 2.75) is 44.0 Å². The van der Waals surface area contributed by atoms with Crippen LogP contribution in [0.1, 0.15) is 42.6 Å². The molecule has 1 aliphatic carbocycles. The number of carbonyl (C=O) groups excluding carboxylic acids is 1. The number of rotatable bonds is 4. The summed E-state index contributed by atoms with van der Waals surface area (Å²) in [7, 11) is -3.89. The van der Waals surface area contributed by atoms with E-state index in [0.717, 1.165) is 12.8 Å². The van der Waals surface area contributed by atoms with Crippen LogP contribution in [-0.2, 0) is 10.0 Å². The third kappa shape index (κ3) is 3.64. The van der Waals surface area contributed by atoms with Crippen LogP contribution in [0.2, 0.25) is 0 Å². The van der Waals surface area contributed by atoms with E-state index in [1.165, 1.54) is 6.07 Å². The maximum Gasteiger partial charge on any atom is 0.251 e. The zero-order valence-electron chi connectivity index (χ0n) is 12.2. The Labute approximate surface area is 133 Å². The Balaban J connectivity index is 2.36. The van der Waals surface area contributed by atoms with Gasteiger partial charge in [0.25, 0.3) is 5.91 Å². The average molecular weight is 375 g/mol. The summed E-state index contributed by atoms with van der Waals surface area (Å²) in [6, 6.07) is 2.96. The number of nitrogens with two attached hydrogens (primary N) is 1. The number of amides is 1. The molecule has 1 aromatic rings. The highest BCUT2D eigenvalue weighted by Crippen LogP contribution is 2.39. The van der Waals surface area contributed by atoms with Crippen molar-refractivity contribution in [3.63, 3.8) is 0 Å². The first-order valence-electron chi connectivity index (χ1n) is 6.68. The van der Waals surface area contributed by atoms with Crippen molar-refractivity contribution in [1.82, 2.24) is 5.32 Å². The smallest absolute Gasteiger partial charge is 0.251 e. The molecule has 0 saturated heterocycles. The molecule has 21 heavy (non-hydrogen) atoms.